The summed E-state index contributed by atoms with van der Waals surface area (Å²) in [6.45, 7) is 9.40. The zero-order valence-electron chi connectivity index (χ0n) is 72.6. The number of nitrogens with two attached hydrogens (primary N) is 3. The first-order chi connectivity index (χ1) is 62.5. The predicted octanol–water partition coefficient (Wildman–Crippen LogP) is 12.1. The molecule has 2 fully saturated rings. The first-order valence-corrected chi connectivity index (χ1v) is 45.9. The number of carbonyl (C=O) groups excluding carboxylic acids is 4. The summed E-state index contributed by atoms with van der Waals surface area (Å²) in [4.78, 5) is 118. The molecule has 0 spiro atoms. The number of nitrogens with zero attached hydrogens (tertiary/aromatic N) is 20. The average Bonchev–Trinajstić information content (AvgIpc) is 0.804. The molecule has 15 rings (SSSR count). The number of pyridine rings is 10. The van der Waals surface area contributed by atoms with Crippen molar-refractivity contribution in [1.29, 1.82) is 0 Å². The van der Waals surface area contributed by atoms with Crippen LogP contribution < -0.4 is 43.2 Å². The first-order valence-electron chi connectivity index (χ1n) is 40.5. The van der Waals surface area contributed by atoms with Crippen LogP contribution in [-0.4, -0.2) is 195 Å². The normalized spacial score (nSPS) is 12.5. The second-order valence-electron chi connectivity index (χ2n) is 30.1. The van der Waals surface area contributed by atoms with Crippen molar-refractivity contribution in [1.82, 2.24) is 93.3 Å². The number of nitrogens with one attached hydrogen (secondary N) is 5. The Morgan fingerprint density at radius 1 is 0.489 bits per heavy atom. The molecule has 1 saturated carbocycles. The lowest BCUT2D eigenvalue weighted by Crippen LogP contribution is -2.36. The van der Waals surface area contributed by atoms with E-state index < -0.39 is 36.0 Å². The topological polar surface area (TPSA) is 537 Å². The summed E-state index contributed by atoms with van der Waals surface area (Å²) in [5.74, 6) is 2.58. The van der Waals surface area contributed by atoms with Crippen molar-refractivity contribution in [3.63, 3.8) is 0 Å². The van der Waals surface area contributed by atoms with Gasteiger partial charge in [-0.05, 0) is 195 Å². The summed E-state index contributed by atoms with van der Waals surface area (Å²) >= 11 is 12.1. The number of sulfonamides is 1. The van der Waals surface area contributed by atoms with Gasteiger partial charge in [0.1, 0.15) is 74.4 Å². The molecule has 0 bridgehead atoms. The van der Waals surface area contributed by atoms with Gasteiger partial charge in [0.05, 0.1) is 34.0 Å². The Balaban J connectivity index is 0.000000159. The summed E-state index contributed by atoms with van der Waals surface area (Å²) < 4.78 is 80.7. The highest BCUT2D eigenvalue weighted by molar-refractivity contribution is 7.91. The van der Waals surface area contributed by atoms with E-state index in [1.165, 1.54) is 45.5 Å². The minimum atomic E-state index is -3.60. The lowest BCUT2D eigenvalue weighted by Gasteiger charge is -2.26. The lowest BCUT2D eigenvalue weighted by atomic mass is 9.87. The zero-order valence-corrected chi connectivity index (χ0v) is 76.6. The number of aryl methyl sites for hydroxylation is 3. The Morgan fingerprint density at radius 2 is 0.985 bits per heavy atom. The van der Waals surface area contributed by atoms with E-state index >= 15 is 0 Å². The number of amides is 4. The molecule has 43 heteroatoms. The summed E-state index contributed by atoms with van der Waals surface area (Å²) in [5.41, 5.74) is 28.5. The fraction of sp³-hybridized carbons (Fsp3) is 0.239. The molecule has 13 aromatic heterocycles. The van der Waals surface area contributed by atoms with E-state index in [0.29, 0.717) is 105 Å². The molecule has 2 aliphatic rings. The van der Waals surface area contributed by atoms with Gasteiger partial charge in [0, 0.05) is 187 Å². The predicted molar refractivity (Wildman–Crippen MR) is 502 cm³/mol. The first kappa shape index (κ1) is 97.3. The van der Waals surface area contributed by atoms with E-state index in [1.807, 2.05) is 37.3 Å². The van der Waals surface area contributed by atoms with E-state index in [4.69, 9.17) is 40.4 Å². The molecule has 678 valence electrons. The second-order valence-corrected chi connectivity index (χ2v) is 36.7. The van der Waals surface area contributed by atoms with Gasteiger partial charge in [-0.3, -0.25) is 38.9 Å². The minimum Gasteiger partial charge on any atom is -0.383 e. The van der Waals surface area contributed by atoms with Gasteiger partial charge in [0.25, 0.3) is 11.8 Å². The van der Waals surface area contributed by atoms with Crippen LogP contribution in [0.2, 0.25) is 10.3 Å². The number of hydrogen-bond donors (Lipinski definition) is 8. The number of nitrogen functional groups attached to an aromatic ring is 1. The molecule has 1 saturated heterocycles. The van der Waals surface area contributed by atoms with Crippen LogP contribution in [0.25, 0.3) is 55.6 Å². The number of aromatic nitrogens is 16. The third kappa shape index (κ3) is 28.3. The second kappa shape index (κ2) is 45.1. The van der Waals surface area contributed by atoms with Crippen LogP contribution in [0.15, 0.2) is 212 Å². The van der Waals surface area contributed by atoms with Gasteiger partial charge in [-0.2, -0.15) is 17.7 Å². The van der Waals surface area contributed by atoms with Gasteiger partial charge in [0.15, 0.2) is 15.8 Å². The van der Waals surface area contributed by atoms with Gasteiger partial charge >= 0.3 is 10.2 Å². The third-order valence-electron chi connectivity index (χ3n) is 19.7. The molecule has 0 aromatic carbocycles. The Kier molecular flexibility index (Phi) is 33.5. The highest BCUT2D eigenvalue weighted by Crippen LogP contribution is 2.36. The van der Waals surface area contributed by atoms with Gasteiger partial charge in [-0.15, -0.1) is 0 Å². The lowest BCUT2D eigenvalue weighted by molar-refractivity contribution is -0.115. The summed E-state index contributed by atoms with van der Waals surface area (Å²) in [6, 6.07) is 31.8. The van der Waals surface area contributed by atoms with Crippen molar-refractivity contribution in [3.05, 3.63) is 258 Å². The van der Waals surface area contributed by atoms with Crippen LogP contribution in [-0.2, 0) is 51.8 Å². The fourth-order valence-electron chi connectivity index (χ4n) is 12.8. The molecular weight excluding hydrogens is 1780 g/mol. The monoisotopic (exact) mass is 1870 g/mol. The van der Waals surface area contributed by atoms with Crippen LogP contribution in [0.5, 0.6) is 0 Å². The number of carbonyl (C=O) groups is 4. The highest BCUT2D eigenvalue weighted by atomic mass is 35.5. The largest absolute Gasteiger partial charge is 0.383 e. The molecular formula is C88H94Cl2N28O10S3. The SMILES string of the molecule is CC(=O)Nc1cc(-c2cnc(C)c(CS(=O)(=O)N3CCCCC3)c2)ccn1.CC(=O)Nc1cc(-c2cnc(Cl)c(C(=O)N(C)C)c2)ccn1.Cc1ncc(-c2ccnc(Cc3ccncn3)c2)cc1NS(=O)(=O)N(C)C.Cc1nccc(Nc2cc(-c3cnc(Cl)c(S(=O)(=O)CC4CCC4)c3)ccn2)n1.NC(N)=NC(=O)c1cc(-c2ccnc(Nc3ccncn3)c2)cnc1N. The van der Waals surface area contributed by atoms with E-state index in [0.717, 1.165) is 93.2 Å². The van der Waals surface area contributed by atoms with Crippen molar-refractivity contribution < 1.29 is 44.4 Å². The van der Waals surface area contributed by atoms with Crippen molar-refractivity contribution in [2.75, 3.05) is 78.8 Å². The van der Waals surface area contributed by atoms with E-state index in [-0.39, 0.29) is 67.7 Å². The molecule has 14 heterocycles. The number of aliphatic imine (C=N–C) groups is 1. The molecule has 1 aliphatic heterocycles. The number of halogens is 2. The van der Waals surface area contributed by atoms with E-state index in [2.05, 4.69) is 111 Å². The Bertz CT molecular complexity index is 6670. The highest BCUT2D eigenvalue weighted by Gasteiger charge is 2.30. The number of hydrogen-bond acceptors (Lipinski definition) is 29. The maximum atomic E-state index is 12.8. The molecule has 4 amide bonds. The molecule has 38 nitrogen and oxygen atoms in total. The number of rotatable bonds is 24. The molecule has 11 N–H and O–H groups in total. The number of guanidine groups is 1. The Labute approximate surface area is 767 Å². The fourth-order valence-corrected chi connectivity index (χ4v) is 17.5. The third-order valence-corrected chi connectivity index (χ3v) is 25.6. The quantitative estimate of drug-likeness (QED) is 0.0158. The maximum Gasteiger partial charge on any atom is 0.301 e. The Morgan fingerprint density at radius 3 is 1.53 bits per heavy atom. The van der Waals surface area contributed by atoms with Crippen LogP contribution in [0.1, 0.15) is 107 Å². The molecule has 13 aromatic rings. The standard InChI is InChI=1S/C20H20ClN5O2S.C19H24N4O3S.C18H20N6O2S.C16H15N9O.C15H15ClN4O2/c1-13-22-8-6-18(25-13)26-19-10-15(5-7-23-19)16-9-17(20(21)24-11-16)29(27,28)12-14-3-2-4-14;1-14-18(13-27(25,26)23-8-4-3-5-9-23)10-17(12-21-14)16-6-7-20-19(11-16)22-15(2)24;1-13-18(23-27(25,26)24(2)3)9-15(11-21-13)14-4-7-20-17(8-14)10-16-5-6-19-12-22-16;17-14-11(15(26)25-16(18)19)5-10(7-22-14)9-1-4-21-13(6-9)24-12-2-3-20-8-23-12;1-9(21)19-13-7-10(4-5-17-13)11-6-12(14(16)18-8-11)15(22)20(2)3/h5-11,14H,2-4,12H2,1H3,(H,22,23,25,26);6-7,10-12H,3-5,8-9,13H2,1-2H3,(H,20,22,24);4-9,11-12,23H,10H2,1-3H3;1-8H,(H2,17,22)(H4,18,19,25,26)(H,20,21,23,24);4-8H,1-3H3,(H,17,19,21). The summed E-state index contributed by atoms with van der Waals surface area (Å²) in [6.07, 6.45) is 30.7. The molecule has 0 atom stereocenters. The van der Waals surface area contributed by atoms with E-state index in [1.54, 1.807) is 192 Å². The maximum absolute atomic E-state index is 12.8. The van der Waals surface area contributed by atoms with Crippen molar-refractivity contribution >= 4 is 129 Å². The molecule has 0 unspecified atom stereocenters. The van der Waals surface area contributed by atoms with Crippen LogP contribution in [0.3, 0.4) is 0 Å². The molecule has 1 aliphatic carbocycles. The average molecular weight is 1870 g/mol. The number of anilines is 8. The summed E-state index contributed by atoms with van der Waals surface area (Å²) in [5, 5.41) is 11.6. The number of piperidine rings is 1. The van der Waals surface area contributed by atoms with Crippen LogP contribution in [0.4, 0.5) is 46.4 Å². The smallest absolute Gasteiger partial charge is 0.301 e. The van der Waals surface area contributed by atoms with E-state index in [9.17, 15) is 44.4 Å². The molecule has 0 radical (unpaired) electrons. The number of sulfone groups is 1. The summed E-state index contributed by atoms with van der Waals surface area (Å²) in [7, 11) is -4.22. The zero-order chi connectivity index (χ0) is 94.1. The minimum absolute atomic E-state index is 0.0111. The van der Waals surface area contributed by atoms with Crippen molar-refractivity contribution in [2.24, 2.45) is 22.4 Å². The van der Waals surface area contributed by atoms with Gasteiger partial charge in [0.2, 0.25) is 21.8 Å². The van der Waals surface area contributed by atoms with Crippen LogP contribution >= 0.6 is 23.2 Å². The van der Waals surface area contributed by atoms with Gasteiger partial charge in [-0.1, -0.05) is 36.0 Å². The van der Waals surface area contributed by atoms with Gasteiger partial charge in [-0.25, -0.2) is 85.9 Å². The van der Waals surface area contributed by atoms with Crippen molar-refractivity contribution in [2.45, 2.75) is 90.2 Å². The Hall–Kier alpha value is -14.4. The van der Waals surface area contributed by atoms with Crippen LogP contribution in [0, 0.1) is 26.7 Å². The van der Waals surface area contributed by atoms with Gasteiger partial charge < -0.3 is 43.4 Å². The van der Waals surface area contributed by atoms with Crippen molar-refractivity contribution in [3.8, 4) is 55.6 Å². The molecule has 131 heavy (non-hydrogen) atoms.